The van der Waals surface area contributed by atoms with Crippen molar-refractivity contribution in [2.45, 2.75) is 0 Å². The molecule has 2 aromatic heterocycles. The Morgan fingerprint density at radius 2 is 1.96 bits per heavy atom. The van der Waals surface area contributed by atoms with Gasteiger partial charge < -0.3 is 20.6 Å². The van der Waals surface area contributed by atoms with Gasteiger partial charge in [0.25, 0.3) is 0 Å². The molecule has 0 unspecified atom stereocenters. The molecule has 0 saturated carbocycles. The number of anilines is 3. The number of fused-ring (bicyclic) bond motifs is 1. The summed E-state index contributed by atoms with van der Waals surface area (Å²) in [5.74, 6) is 1.19. The van der Waals surface area contributed by atoms with Crippen LogP contribution in [-0.2, 0) is 0 Å². The molecule has 4 rings (SSSR count). The third-order valence-corrected chi connectivity index (χ3v) is 3.95. The summed E-state index contributed by atoms with van der Waals surface area (Å²) in [5, 5.41) is 14.2. The lowest BCUT2D eigenvalue weighted by atomic mass is 10.1. The van der Waals surface area contributed by atoms with Crippen molar-refractivity contribution in [3.05, 3.63) is 59.9 Å². The Morgan fingerprint density at radius 1 is 1.08 bits per heavy atom. The summed E-state index contributed by atoms with van der Waals surface area (Å²) >= 11 is 5.99. The Hall–Kier alpha value is -3.25. The number of phenols is 1. The van der Waals surface area contributed by atoms with E-state index < -0.39 is 0 Å². The van der Waals surface area contributed by atoms with Crippen molar-refractivity contribution < 1.29 is 9.52 Å². The molecule has 0 spiro atoms. The first-order valence-electron chi connectivity index (χ1n) is 7.46. The van der Waals surface area contributed by atoms with E-state index in [9.17, 15) is 5.11 Å². The second-order valence-electron chi connectivity index (χ2n) is 5.46. The third-order valence-electron chi connectivity index (χ3n) is 3.71. The van der Waals surface area contributed by atoms with Crippen LogP contribution in [0.5, 0.6) is 5.75 Å². The number of nitrogen functional groups attached to an aromatic ring is 1. The molecule has 4 aromatic rings. The maximum atomic E-state index is 9.98. The minimum atomic E-state index is 0.0655. The van der Waals surface area contributed by atoms with Crippen LogP contribution >= 0.6 is 11.6 Å². The number of nitrogens with two attached hydrogens (primary N) is 1. The first kappa shape index (κ1) is 15.3. The molecular formula is C18H13ClN4O2. The largest absolute Gasteiger partial charge is 0.506 e. The molecular weight excluding hydrogens is 340 g/mol. The summed E-state index contributed by atoms with van der Waals surface area (Å²) in [5.41, 5.74) is 8.19. The SMILES string of the molecule is Nc1cccc(-c2cc3c(Nc4cc(Cl)ccc4O)ncnc3o2)c1. The van der Waals surface area contributed by atoms with Gasteiger partial charge in [0.1, 0.15) is 23.7 Å². The molecule has 6 nitrogen and oxygen atoms in total. The lowest BCUT2D eigenvalue weighted by Crippen LogP contribution is -1.95. The molecule has 124 valence electrons. The molecule has 0 radical (unpaired) electrons. The van der Waals surface area contributed by atoms with Crippen LogP contribution < -0.4 is 11.1 Å². The van der Waals surface area contributed by atoms with E-state index >= 15 is 0 Å². The molecule has 0 aliphatic rings. The van der Waals surface area contributed by atoms with E-state index in [0.29, 0.717) is 39.1 Å². The van der Waals surface area contributed by atoms with Gasteiger partial charge in [0.05, 0.1) is 11.1 Å². The van der Waals surface area contributed by atoms with E-state index in [0.717, 1.165) is 5.56 Å². The molecule has 0 bridgehead atoms. The molecule has 0 atom stereocenters. The van der Waals surface area contributed by atoms with Crippen LogP contribution in [-0.4, -0.2) is 15.1 Å². The summed E-state index contributed by atoms with van der Waals surface area (Å²) < 4.78 is 5.81. The predicted molar refractivity (Wildman–Crippen MR) is 98.1 cm³/mol. The van der Waals surface area contributed by atoms with Crippen molar-refractivity contribution in [3.63, 3.8) is 0 Å². The second kappa shape index (κ2) is 5.99. The van der Waals surface area contributed by atoms with Crippen molar-refractivity contribution in [2.75, 3.05) is 11.1 Å². The first-order chi connectivity index (χ1) is 12.1. The number of rotatable bonds is 3. The smallest absolute Gasteiger partial charge is 0.231 e. The van der Waals surface area contributed by atoms with Gasteiger partial charge in [0.15, 0.2) is 0 Å². The van der Waals surface area contributed by atoms with Gasteiger partial charge in [-0.25, -0.2) is 9.97 Å². The van der Waals surface area contributed by atoms with Crippen LogP contribution in [0, 0.1) is 0 Å². The topological polar surface area (TPSA) is 97.2 Å². The summed E-state index contributed by atoms with van der Waals surface area (Å²) in [6.45, 7) is 0. The molecule has 2 aromatic carbocycles. The van der Waals surface area contributed by atoms with Gasteiger partial charge in [-0.15, -0.1) is 0 Å². The van der Waals surface area contributed by atoms with Gasteiger partial charge in [-0.05, 0) is 36.4 Å². The van der Waals surface area contributed by atoms with E-state index in [4.69, 9.17) is 21.8 Å². The summed E-state index contributed by atoms with van der Waals surface area (Å²) in [4.78, 5) is 8.39. The van der Waals surface area contributed by atoms with E-state index in [1.54, 1.807) is 18.2 Å². The summed E-state index contributed by atoms with van der Waals surface area (Å²) in [7, 11) is 0. The van der Waals surface area contributed by atoms with Crippen LogP contribution in [0.3, 0.4) is 0 Å². The second-order valence-corrected chi connectivity index (χ2v) is 5.90. The Balaban J connectivity index is 1.79. The van der Waals surface area contributed by atoms with Crippen molar-refractivity contribution in [1.82, 2.24) is 9.97 Å². The van der Waals surface area contributed by atoms with E-state index in [1.807, 2.05) is 24.3 Å². The Kier molecular flexibility index (Phi) is 3.66. The number of nitrogens with zero attached hydrogens (tertiary/aromatic N) is 2. The van der Waals surface area contributed by atoms with Crippen LogP contribution in [0.4, 0.5) is 17.2 Å². The van der Waals surface area contributed by atoms with Crippen molar-refractivity contribution in [1.29, 1.82) is 0 Å². The zero-order valence-corrected chi connectivity index (χ0v) is 13.7. The van der Waals surface area contributed by atoms with Gasteiger partial charge in [-0.3, -0.25) is 0 Å². The summed E-state index contributed by atoms with van der Waals surface area (Å²) in [6, 6.07) is 13.9. The van der Waals surface area contributed by atoms with Gasteiger partial charge >= 0.3 is 0 Å². The van der Waals surface area contributed by atoms with E-state index in [1.165, 1.54) is 12.4 Å². The van der Waals surface area contributed by atoms with Crippen molar-refractivity contribution in [2.24, 2.45) is 0 Å². The predicted octanol–water partition coefficient (Wildman–Crippen LogP) is 4.57. The molecule has 0 amide bonds. The molecule has 0 saturated heterocycles. The zero-order valence-electron chi connectivity index (χ0n) is 12.9. The minimum Gasteiger partial charge on any atom is -0.506 e. The number of benzene rings is 2. The zero-order chi connectivity index (χ0) is 17.4. The molecule has 2 heterocycles. The molecule has 0 aliphatic carbocycles. The normalized spacial score (nSPS) is 10.9. The highest BCUT2D eigenvalue weighted by Crippen LogP contribution is 2.34. The first-order valence-corrected chi connectivity index (χ1v) is 7.84. The van der Waals surface area contributed by atoms with Crippen LogP contribution in [0.15, 0.2) is 59.3 Å². The third kappa shape index (κ3) is 2.95. The van der Waals surface area contributed by atoms with Crippen LogP contribution in [0.2, 0.25) is 5.02 Å². The number of halogens is 1. The van der Waals surface area contributed by atoms with Crippen LogP contribution in [0.25, 0.3) is 22.4 Å². The lowest BCUT2D eigenvalue weighted by Gasteiger charge is -2.08. The van der Waals surface area contributed by atoms with Crippen molar-refractivity contribution in [3.8, 4) is 17.1 Å². The molecule has 0 fully saturated rings. The quantitative estimate of drug-likeness (QED) is 0.369. The number of hydrogen-bond donors (Lipinski definition) is 3. The van der Waals surface area contributed by atoms with Gasteiger partial charge in [0, 0.05) is 16.3 Å². The lowest BCUT2D eigenvalue weighted by molar-refractivity contribution is 0.477. The van der Waals surface area contributed by atoms with Crippen molar-refractivity contribution >= 4 is 39.9 Å². The van der Waals surface area contributed by atoms with Gasteiger partial charge in [-0.2, -0.15) is 0 Å². The molecule has 7 heteroatoms. The van der Waals surface area contributed by atoms with Gasteiger partial charge in [-0.1, -0.05) is 23.7 Å². The molecule has 0 aliphatic heterocycles. The standard InChI is InChI=1S/C18H13ClN4O2/c19-11-4-5-15(24)14(7-11)23-17-13-8-16(25-18(13)22-9-21-17)10-2-1-3-12(20)6-10/h1-9,24H,20H2,(H,21,22,23). The fourth-order valence-electron chi connectivity index (χ4n) is 2.53. The summed E-state index contributed by atoms with van der Waals surface area (Å²) in [6.07, 6.45) is 1.39. The monoisotopic (exact) mass is 352 g/mol. The Morgan fingerprint density at radius 3 is 2.80 bits per heavy atom. The Labute approximate surface area is 147 Å². The van der Waals surface area contributed by atoms with Crippen LogP contribution in [0.1, 0.15) is 0 Å². The number of furan rings is 1. The number of phenolic OH excluding ortho intramolecular Hbond substituents is 1. The molecule has 25 heavy (non-hydrogen) atoms. The maximum Gasteiger partial charge on any atom is 0.231 e. The highest BCUT2D eigenvalue weighted by molar-refractivity contribution is 6.31. The average molecular weight is 353 g/mol. The van der Waals surface area contributed by atoms with E-state index in [-0.39, 0.29) is 5.75 Å². The number of aromatic nitrogens is 2. The molecule has 4 N–H and O–H groups in total. The van der Waals surface area contributed by atoms with Gasteiger partial charge in [0.2, 0.25) is 5.71 Å². The Bertz CT molecular complexity index is 1080. The maximum absolute atomic E-state index is 9.98. The highest BCUT2D eigenvalue weighted by Gasteiger charge is 2.13. The fraction of sp³-hybridized carbons (Fsp3) is 0. The minimum absolute atomic E-state index is 0.0655. The number of aromatic hydroxyl groups is 1. The highest BCUT2D eigenvalue weighted by atomic mass is 35.5. The number of nitrogens with one attached hydrogen (secondary N) is 1. The fourth-order valence-corrected chi connectivity index (χ4v) is 2.70. The van der Waals surface area contributed by atoms with E-state index in [2.05, 4.69) is 15.3 Å². The number of hydrogen-bond acceptors (Lipinski definition) is 6. The average Bonchev–Trinajstić information content (AvgIpc) is 3.03.